The number of ether oxygens (including phenoxy) is 2. The Morgan fingerprint density at radius 1 is 1.33 bits per heavy atom. The molecule has 1 fully saturated rings. The molecule has 1 aromatic rings. The molecule has 1 heterocycles. The van der Waals surface area contributed by atoms with E-state index in [-0.39, 0.29) is 25.2 Å². The molecule has 21 heavy (non-hydrogen) atoms. The molecule has 6 nitrogen and oxygen atoms in total. The number of rotatable bonds is 3. The number of benzene rings is 1. The zero-order valence-electron chi connectivity index (χ0n) is 12.0. The first-order valence-electron chi connectivity index (χ1n) is 6.91. The maximum atomic E-state index is 12.0. The third-order valence-corrected chi connectivity index (χ3v) is 3.63. The summed E-state index contributed by atoms with van der Waals surface area (Å²) in [5.41, 5.74) is 6.82. The molecule has 114 valence electrons. The van der Waals surface area contributed by atoms with Crippen LogP contribution >= 0.6 is 0 Å². The molecule has 1 aliphatic heterocycles. The van der Waals surface area contributed by atoms with Crippen LogP contribution in [0, 0.1) is 5.92 Å². The van der Waals surface area contributed by atoms with Crippen molar-refractivity contribution in [1.29, 1.82) is 0 Å². The van der Waals surface area contributed by atoms with Crippen LogP contribution in [0.1, 0.15) is 12.0 Å². The second kappa shape index (κ2) is 7.08. The molecule has 1 saturated heterocycles. The fourth-order valence-electron chi connectivity index (χ4n) is 2.35. The quantitative estimate of drug-likeness (QED) is 0.845. The molecule has 0 bridgehead atoms. The van der Waals surface area contributed by atoms with E-state index in [2.05, 4.69) is 0 Å². The van der Waals surface area contributed by atoms with Crippen LogP contribution in [-0.2, 0) is 20.9 Å². The summed E-state index contributed by atoms with van der Waals surface area (Å²) in [6.07, 6.45) is 0.125. The summed E-state index contributed by atoms with van der Waals surface area (Å²) in [5, 5.41) is 0. The number of piperidine rings is 1. The van der Waals surface area contributed by atoms with Gasteiger partial charge in [0.05, 0.1) is 13.0 Å². The number of hydrogen-bond donors (Lipinski definition) is 1. The van der Waals surface area contributed by atoms with Crippen LogP contribution in [0.15, 0.2) is 30.3 Å². The molecule has 1 amide bonds. The number of nitrogens with two attached hydrogens (primary N) is 1. The highest BCUT2D eigenvalue weighted by Gasteiger charge is 2.35. The Hall–Kier alpha value is -2.08. The lowest BCUT2D eigenvalue weighted by molar-refractivity contribution is -0.147. The highest BCUT2D eigenvalue weighted by Crippen LogP contribution is 2.18. The van der Waals surface area contributed by atoms with Gasteiger partial charge in [-0.1, -0.05) is 30.3 Å². The predicted molar refractivity (Wildman–Crippen MR) is 76.3 cm³/mol. The molecule has 0 unspecified atom stereocenters. The minimum Gasteiger partial charge on any atom is -0.469 e. The lowest BCUT2D eigenvalue weighted by atomic mass is 9.93. The number of carbonyl (C=O) groups is 2. The second-order valence-corrected chi connectivity index (χ2v) is 5.07. The van der Waals surface area contributed by atoms with Gasteiger partial charge in [0.2, 0.25) is 0 Å². The monoisotopic (exact) mass is 292 g/mol. The molecular formula is C15H20N2O4. The van der Waals surface area contributed by atoms with Gasteiger partial charge in [-0.25, -0.2) is 4.79 Å². The maximum absolute atomic E-state index is 12.0. The number of methoxy groups -OCH3 is 1. The van der Waals surface area contributed by atoms with Gasteiger partial charge in [-0.2, -0.15) is 0 Å². The van der Waals surface area contributed by atoms with Crippen molar-refractivity contribution in [3.8, 4) is 0 Å². The van der Waals surface area contributed by atoms with Crippen molar-refractivity contribution >= 4 is 12.1 Å². The topological polar surface area (TPSA) is 81.9 Å². The van der Waals surface area contributed by atoms with E-state index < -0.39 is 12.0 Å². The van der Waals surface area contributed by atoms with Gasteiger partial charge in [0.25, 0.3) is 0 Å². The molecule has 0 radical (unpaired) electrons. The van der Waals surface area contributed by atoms with Crippen LogP contribution in [0.5, 0.6) is 0 Å². The standard InChI is InChI=1S/C15H20N2O4/c1-20-14(18)12-9-17(8-7-13(12)16)15(19)21-10-11-5-3-2-4-6-11/h2-6,12-13H,7-10,16H2,1H3/t12-,13-/m0/s1. The average Bonchev–Trinajstić information content (AvgIpc) is 2.53. The third-order valence-electron chi connectivity index (χ3n) is 3.63. The van der Waals surface area contributed by atoms with Crippen molar-refractivity contribution in [2.75, 3.05) is 20.2 Å². The van der Waals surface area contributed by atoms with E-state index in [1.807, 2.05) is 30.3 Å². The van der Waals surface area contributed by atoms with E-state index >= 15 is 0 Å². The number of esters is 1. The highest BCUT2D eigenvalue weighted by atomic mass is 16.6. The smallest absolute Gasteiger partial charge is 0.410 e. The van der Waals surface area contributed by atoms with Crippen LogP contribution in [-0.4, -0.2) is 43.2 Å². The van der Waals surface area contributed by atoms with Crippen molar-refractivity contribution in [3.63, 3.8) is 0 Å². The lowest BCUT2D eigenvalue weighted by Gasteiger charge is -2.34. The SMILES string of the molecule is COC(=O)[C@H]1CN(C(=O)OCc2ccccc2)CC[C@@H]1N. The Kier molecular flexibility index (Phi) is 5.16. The first-order chi connectivity index (χ1) is 10.1. The Labute approximate surface area is 123 Å². The Morgan fingerprint density at radius 3 is 2.71 bits per heavy atom. The van der Waals surface area contributed by atoms with E-state index in [4.69, 9.17) is 15.2 Å². The fourth-order valence-corrected chi connectivity index (χ4v) is 2.35. The first-order valence-corrected chi connectivity index (χ1v) is 6.91. The number of carbonyl (C=O) groups excluding carboxylic acids is 2. The normalized spacial score (nSPS) is 21.7. The van der Waals surface area contributed by atoms with Crippen molar-refractivity contribution in [3.05, 3.63) is 35.9 Å². The zero-order chi connectivity index (χ0) is 15.2. The molecule has 0 aliphatic carbocycles. The Balaban J connectivity index is 1.89. The summed E-state index contributed by atoms with van der Waals surface area (Å²) in [6.45, 7) is 0.939. The Morgan fingerprint density at radius 2 is 2.05 bits per heavy atom. The van der Waals surface area contributed by atoms with E-state index in [9.17, 15) is 9.59 Å². The summed E-state index contributed by atoms with van der Waals surface area (Å²) >= 11 is 0. The van der Waals surface area contributed by atoms with E-state index in [0.717, 1.165) is 5.56 Å². The average molecular weight is 292 g/mol. The summed E-state index contributed by atoms with van der Waals surface area (Å²) in [7, 11) is 1.32. The van der Waals surface area contributed by atoms with E-state index in [1.165, 1.54) is 12.0 Å². The molecular weight excluding hydrogens is 272 g/mol. The van der Waals surface area contributed by atoms with Gasteiger partial charge in [-0.15, -0.1) is 0 Å². The van der Waals surface area contributed by atoms with Gasteiger partial charge in [-0.05, 0) is 12.0 Å². The minimum absolute atomic E-state index is 0.213. The van der Waals surface area contributed by atoms with Gasteiger partial charge in [0.1, 0.15) is 6.61 Å². The molecule has 0 saturated carbocycles. The molecule has 0 aromatic heterocycles. The molecule has 2 rings (SSSR count). The van der Waals surface area contributed by atoms with Crippen molar-refractivity contribution in [2.45, 2.75) is 19.1 Å². The second-order valence-electron chi connectivity index (χ2n) is 5.07. The van der Waals surface area contributed by atoms with Gasteiger partial charge in [0, 0.05) is 19.1 Å². The molecule has 2 atom stereocenters. The minimum atomic E-state index is -0.493. The number of amides is 1. The molecule has 2 N–H and O–H groups in total. The Bertz CT molecular complexity index is 492. The highest BCUT2D eigenvalue weighted by molar-refractivity contribution is 5.75. The summed E-state index contributed by atoms with van der Waals surface area (Å²) < 4.78 is 9.98. The van der Waals surface area contributed by atoms with Gasteiger partial charge in [-0.3, -0.25) is 4.79 Å². The zero-order valence-corrected chi connectivity index (χ0v) is 12.0. The summed E-state index contributed by atoms with van der Waals surface area (Å²) in [5.74, 6) is -0.879. The molecule has 1 aromatic carbocycles. The lowest BCUT2D eigenvalue weighted by Crippen LogP contribution is -2.52. The summed E-state index contributed by atoms with van der Waals surface area (Å²) in [4.78, 5) is 25.2. The molecule has 0 spiro atoms. The van der Waals surface area contributed by atoms with E-state index in [0.29, 0.717) is 13.0 Å². The predicted octanol–water partition coefficient (Wildman–Crippen LogP) is 1.15. The maximum Gasteiger partial charge on any atom is 0.410 e. The van der Waals surface area contributed by atoms with Gasteiger partial charge >= 0.3 is 12.1 Å². The van der Waals surface area contributed by atoms with Gasteiger partial charge in [0.15, 0.2) is 0 Å². The van der Waals surface area contributed by atoms with Crippen molar-refractivity contribution in [1.82, 2.24) is 4.90 Å². The largest absolute Gasteiger partial charge is 0.469 e. The number of nitrogens with zero attached hydrogens (tertiary/aromatic N) is 1. The third kappa shape index (κ3) is 3.95. The molecule has 1 aliphatic rings. The van der Waals surface area contributed by atoms with Crippen LogP contribution in [0.25, 0.3) is 0 Å². The van der Waals surface area contributed by atoms with Crippen LogP contribution in [0.4, 0.5) is 4.79 Å². The number of hydrogen-bond acceptors (Lipinski definition) is 5. The van der Waals surface area contributed by atoms with Crippen molar-refractivity contribution in [2.24, 2.45) is 11.7 Å². The van der Waals surface area contributed by atoms with Crippen LogP contribution in [0.3, 0.4) is 0 Å². The van der Waals surface area contributed by atoms with Crippen molar-refractivity contribution < 1.29 is 19.1 Å². The van der Waals surface area contributed by atoms with Crippen LogP contribution in [0.2, 0.25) is 0 Å². The fraction of sp³-hybridized carbons (Fsp3) is 0.467. The summed E-state index contributed by atoms with van der Waals surface area (Å²) in [6, 6.07) is 9.16. The first kappa shape index (κ1) is 15.3. The number of likely N-dealkylation sites (tertiary alicyclic amines) is 1. The van der Waals surface area contributed by atoms with Gasteiger partial charge < -0.3 is 20.1 Å². The van der Waals surface area contributed by atoms with Crippen LogP contribution < -0.4 is 5.73 Å². The van der Waals surface area contributed by atoms with E-state index in [1.54, 1.807) is 0 Å². The molecule has 6 heteroatoms.